The lowest BCUT2D eigenvalue weighted by molar-refractivity contribution is -0.152. The number of rotatable bonds is 2. The van der Waals surface area contributed by atoms with E-state index in [2.05, 4.69) is 13.8 Å². The van der Waals surface area contributed by atoms with Crippen LogP contribution in [0, 0.1) is 11.3 Å². The third-order valence-electron chi connectivity index (χ3n) is 5.74. The van der Waals surface area contributed by atoms with Crippen LogP contribution in [0.2, 0.25) is 0 Å². The number of cyclic esters (lactones) is 1. The molecule has 0 bridgehead atoms. The summed E-state index contributed by atoms with van der Waals surface area (Å²) in [7, 11) is 0. The first-order valence-electron chi connectivity index (χ1n) is 8.65. The fourth-order valence-corrected chi connectivity index (χ4v) is 4.38. The Morgan fingerprint density at radius 1 is 1.28 bits per heavy atom. The molecule has 4 rings (SSSR count). The monoisotopic (exact) mass is 346 g/mol. The first kappa shape index (κ1) is 16.4. The molecule has 4 aliphatic rings. The van der Waals surface area contributed by atoms with Crippen LogP contribution in [0.3, 0.4) is 0 Å². The molecule has 0 spiro atoms. The normalized spacial score (nSPS) is 37.6. The zero-order valence-corrected chi connectivity index (χ0v) is 14.6. The Kier molecular flexibility index (Phi) is 3.58. The van der Waals surface area contributed by atoms with E-state index in [1.165, 1.54) is 6.26 Å². The maximum Gasteiger partial charge on any atom is 0.338 e. The maximum atomic E-state index is 12.3. The highest BCUT2D eigenvalue weighted by Crippen LogP contribution is 2.54. The molecule has 134 valence electrons. The molecule has 2 aliphatic heterocycles. The van der Waals surface area contributed by atoms with Gasteiger partial charge in [-0.05, 0) is 42.7 Å². The van der Waals surface area contributed by atoms with Crippen molar-refractivity contribution in [3.05, 3.63) is 34.6 Å². The Labute approximate surface area is 146 Å². The van der Waals surface area contributed by atoms with Crippen molar-refractivity contribution < 1.29 is 28.9 Å². The van der Waals surface area contributed by atoms with E-state index in [1.54, 1.807) is 13.0 Å². The van der Waals surface area contributed by atoms with Gasteiger partial charge in [0.2, 0.25) is 0 Å². The van der Waals surface area contributed by atoms with Crippen LogP contribution in [-0.2, 0) is 23.8 Å². The summed E-state index contributed by atoms with van der Waals surface area (Å²) in [4.78, 5) is 23.7. The molecule has 25 heavy (non-hydrogen) atoms. The number of esters is 2. The SMILES string of the molecule is CC1=CC(O/C=C2/C(=O)OC3C4=C(CC23)C(O)CCC4(C)C)OC1=O. The van der Waals surface area contributed by atoms with Crippen molar-refractivity contribution >= 4 is 11.9 Å². The van der Waals surface area contributed by atoms with Crippen molar-refractivity contribution in [2.24, 2.45) is 11.3 Å². The average Bonchev–Trinajstić information content (AvgIpc) is 3.15. The first-order valence-corrected chi connectivity index (χ1v) is 8.65. The lowest BCUT2D eigenvalue weighted by atomic mass is 9.71. The van der Waals surface area contributed by atoms with Crippen LogP contribution >= 0.6 is 0 Å². The van der Waals surface area contributed by atoms with Gasteiger partial charge in [-0.15, -0.1) is 0 Å². The van der Waals surface area contributed by atoms with Crippen LogP contribution in [0.1, 0.15) is 40.0 Å². The number of aliphatic hydroxyl groups is 1. The van der Waals surface area contributed by atoms with Gasteiger partial charge in [0.25, 0.3) is 6.29 Å². The molecule has 2 heterocycles. The fraction of sp³-hybridized carbons (Fsp3) is 0.579. The van der Waals surface area contributed by atoms with Crippen LogP contribution in [0.15, 0.2) is 34.6 Å². The number of hydrogen-bond acceptors (Lipinski definition) is 6. The van der Waals surface area contributed by atoms with Gasteiger partial charge in [0.1, 0.15) is 6.10 Å². The number of fused-ring (bicyclic) bond motifs is 2. The second-order valence-corrected chi connectivity index (χ2v) is 7.85. The molecule has 4 atom stereocenters. The molecule has 0 amide bonds. The van der Waals surface area contributed by atoms with Crippen molar-refractivity contribution in [1.29, 1.82) is 0 Å². The number of carbonyl (C=O) groups is 2. The molecule has 6 nitrogen and oxygen atoms in total. The number of ether oxygens (including phenoxy) is 3. The largest absolute Gasteiger partial charge is 0.458 e. The van der Waals surface area contributed by atoms with E-state index < -0.39 is 24.3 Å². The lowest BCUT2D eigenvalue weighted by Crippen LogP contribution is -2.31. The molecule has 2 aliphatic carbocycles. The molecule has 0 aromatic rings. The molecule has 6 heteroatoms. The maximum absolute atomic E-state index is 12.3. The van der Waals surface area contributed by atoms with Gasteiger partial charge in [0, 0.05) is 17.6 Å². The van der Waals surface area contributed by atoms with Crippen LogP contribution in [0.25, 0.3) is 0 Å². The summed E-state index contributed by atoms with van der Waals surface area (Å²) in [5, 5.41) is 10.4. The molecular weight excluding hydrogens is 324 g/mol. The van der Waals surface area contributed by atoms with Crippen LogP contribution in [0.4, 0.5) is 0 Å². The minimum absolute atomic E-state index is 0.0919. The molecule has 1 saturated heterocycles. The van der Waals surface area contributed by atoms with Gasteiger partial charge in [0.15, 0.2) is 0 Å². The van der Waals surface area contributed by atoms with E-state index in [-0.39, 0.29) is 17.4 Å². The van der Waals surface area contributed by atoms with Gasteiger partial charge in [-0.3, -0.25) is 0 Å². The molecule has 0 aromatic heterocycles. The van der Waals surface area contributed by atoms with E-state index >= 15 is 0 Å². The Morgan fingerprint density at radius 2 is 2.04 bits per heavy atom. The van der Waals surface area contributed by atoms with Crippen LogP contribution in [-0.4, -0.2) is 35.5 Å². The van der Waals surface area contributed by atoms with Crippen molar-refractivity contribution in [2.45, 2.75) is 58.5 Å². The molecule has 0 radical (unpaired) electrons. The molecular formula is C19H22O6. The first-order chi connectivity index (χ1) is 11.8. The van der Waals surface area contributed by atoms with Crippen LogP contribution in [0.5, 0.6) is 0 Å². The number of hydrogen-bond donors (Lipinski definition) is 1. The van der Waals surface area contributed by atoms with Gasteiger partial charge in [0.05, 0.1) is 17.9 Å². The quantitative estimate of drug-likeness (QED) is 0.357. The Morgan fingerprint density at radius 3 is 2.72 bits per heavy atom. The second-order valence-electron chi connectivity index (χ2n) is 7.85. The van der Waals surface area contributed by atoms with E-state index in [0.717, 1.165) is 24.0 Å². The van der Waals surface area contributed by atoms with E-state index in [0.29, 0.717) is 17.6 Å². The van der Waals surface area contributed by atoms with Crippen molar-refractivity contribution in [3.63, 3.8) is 0 Å². The highest BCUT2D eigenvalue weighted by atomic mass is 16.7. The smallest absolute Gasteiger partial charge is 0.338 e. The Bertz CT molecular complexity index is 741. The number of carbonyl (C=O) groups excluding carboxylic acids is 2. The summed E-state index contributed by atoms with van der Waals surface area (Å²) in [5.74, 6) is -0.965. The van der Waals surface area contributed by atoms with Gasteiger partial charge < -0.3 is 19.3 Å². The number of aliphatic hydroxyl groups excluding tert-OH is 1. The predicted octanol–water partition coefficient (Wildman–Crippen LogP) is 2.14. The summed E-state index contributed by atoms with van der Waals surface area (Å²) >= 11 is 0. The summed E-state index contributed by atoms with van der Waals surface area (Å²) in [6, 6.07) is 0. The van der Waals surface area contributed by atoms with Crippen molar-refractivity contribution in [3.8, 4) is 0 Å². The highest BCUT2D eigenvalue weighted by Gasteiger charge is 2.53. The zero-order valence-electron chi connectivity index (χ0n) is 14.6. The lowest BCUT2D eigenvalue weighted by Gasteiger charge is -2.36. The van der Waals surface area contributed by atoms with E-state index in [1.807, 2.05) is 0 Å². The molecule has 4 unspecified atom stereocenters. The van der Waals surface area contributed by atoms with Gasteiger partial charge in [-0.25, -0.2) is 9.59 Å². The molecule has 0 saturated carbocycles. The van der Waals surface area contributed by atoms with E-state index in [4.69, 9.17) is 14.2 Å². The zero-order chi connectivity index (χ0) is 17.9. The average molecular weight is 346 g/mol. The predicted molar refractivity (Wildman–Crippen MR) is 86.8 cm³/mol. The summed E-state index contributed by atoms with van der Waals surface area (Å²) in [6.07, 6.45) is 3.53. The highest BCUT2D eigenvalue weighted by molar-refractivity contribution is 5.92. The third kappa shape index (κ3) is 2.51. The summed E-state index contributed by atoms with van der Waals surface area (Å²) in [6.45, 7) is 5.92. The molecule has 0 aromatic carbocycles. The minimum atomic E-state index is -0.808. The topological polar surface area (TPSA) is 82.1 Å². The fourth-order valence-electron chi connectivity index (χ4n) is 4.38. The van der Waals surface area contributed by atoms with Crippen LogP contribution < -0.4 is 0 Å². The molecule has 1 N–H and O–H groups in total. The van der Waals surface area contributed by atoms with Crippen molar-refractivity contribution in [1.82, 2.24) is 0 Å². The summed E-state index contributed by atoms with van der Waals surface area (Å²) < 4.78 is 16.1. The Hall–Kier alpha value is -2.08. The van der Waals surface area contributed by atoms with Gasteiger partial charge in [-0.1, -0.05) is 13.8 Å². The standard InChI is InChI=1S/C19H22O6/c1-9-6-14(24-17(9)21)23-8-12-10-7-11-13(20)4-5-19(2,3)15(11)16(10)25-18(12)22/h6,8,10,13-14,16,20H,4-5,7H2,1-3H3/b12-8+. The molecule has 1 fully saturated rings. The third-order valence-corrected chi connectivity index (χ3v) is 5.74. The van der Waals surface area contributed by atoms with Gasteiger partial charge >= 0.3 is 11.9 Å². The van der Waals surface area contributed by atoms with Crippen molar-refractivity contribution in [2.75, 3.05) is 0 Å². The Balaban J connectivity index is 1.57. The minimum Gasteiger partial charge on any atom is -0.458 e. The second kappa shape index (κ2) is 5.46. The summed E-state index contributed by atoms with van der Waals surface area (Å²) in [5.41, 5.74) is 2.91. The van der Waals surface area contributed by atoms with E-state index in [9.17, 15) is 14.7 Å². The van der Waals surface area contributed by atoms with Gasteiger partial charge in [-0.2, -0.15) is 0 Å².